The summed E-state index contributed by atoms with van der Waals surface area (Å²) < 4.78 is 34.3. The summed E-state index contributed by atoms with van der Waals surface area (Å²) in [5, 5.41) is 22.1. The van der Waals surface area contributed by atoms with Crippen LogP contribution >= 0.6 is 0 Å². The molecule has 0 aliphatic heterocycles. The molecule has 0 bridgehead atoms. The summed E-state index contributed by atoms with van der Waals surface area (Å²) >= 11 is 0. The molecule has 5 aromatic rings. The summed E-state index contributed by atoms with van der Waals surface area (Å²) in [6.07, 6.45) is 6.37. The quantitative estimate of drug-likeness (QED) is 0.482. The van der Waals surface area contributed by atoms with Crippen LogP contribution in [0.25, 0.3) is 27.8 Å². The van der Waals surface area contributed by atoms with Crippen LogP contribution in [0.15, 0.2) is 43.0 Å². The lowest BCUT2D eigenvalue weighted by Gasteiger charge is -2.07. The number of aryl methyl sites for hydroxylation is 1. The van der Waals surface area contributed by atoms with Gasteiger partial charge in [-0.3, -0.25) is 9.36 Å². The molecule has 4 aromatic heterocycles. The molecule has 0 aliphatic carbocycles. The van der Waals surface area contributed by atoms with Crippen LogP contribution < -0.4 is 0 Å². The Morgan fingerprint density at radius 1 is 1.10 bits per heavy atom. The average molecular weight is 409 g/mol. The summed E-state index contributed by atoms with van der Waals surface area (Å²) in [5.41, 5.74) is 2.86. The lowest BCUT2D eigenvalue weighted by Crippen LogP contribution is -2.04. The van der Waals surface area contributed by atoms with Gasteiger partial charge in [0, 0.05) is 36.9 Å². The third-order valence-corrected chi connectivity index (χ3v) is 5.09. The van der Waals surface area contributed by atoms with Gasteiger partial charge in [-0.05, 0) is 12.1 Å². The molecule has 1 N–H and O–H groups in total. The van der Waals surface area contributed by atoms with Gasteiger partial charge < -0.3 is 5.11 Å². The number of halogens is 2. The number of hydrogen-bond acceptors (Lipinski definition) is 5. The van der Waals surface area contributed by atoms with E-state index in [0.29, 0.717) is 29.1 Å². The highest BCUT2D eigenvalue weighted by Gasteiger charge is 2.19. The highest BCUT2D eigenvalue weighted by Crippen LogP contribution is 2.26. The standard InChI is InChI=1S/C20H17F2N7O/c1-27-18-7-16(21)14(20(22)15(18)10-24-27)6-13-9-23-19-3-2-17(26-29(13)19)12-8-25-28(11-12)4-5-30/h2-3,7-11,30H,4-6H2,1H3. The lowest BCUT2D eigenvalue weighted by molar-refractivity contribution is 0.269. The monoisotopic (exact) mass is 409 g/mol. The van der Waals surface area contributed by atoms with Crippen molar-refractivity contribution in [3.05, 3.63) is 65.9 Å². The fourth-order valence-corrected chi connectivity index (χ4v) is 3.52. The Kier molecular flexibility index (Phi) is 4.28. The summed E-state index contributed by atoms with van der Waals surface area (Å²) in [4.78, 5) is 4.30. The van der Waals surface area contributed by atoms with Gasteiger partial charge in [-0.1, -0.05) is 0 Å². The van der Waals surface area contributed by atoms with Crippen molar-refractivity contribution in [1.29, 1.82) is 0 Å². The second-order valence-electron chi connectivity index (χ2n) is 6.98. The maximum Gasteiger partial charge on any atom is 0.153 e. The van der Waals surface area contributed by atoms with Crippen LogP contribution in [0.3, 0.4) is 0 Å². The number of nitrogens with zero attached hydrogens (tertiary/aromatic N) is 7. The zero-order valence-electron chi connectivity index (χ0n) is 16.0. The Balaban J connectivity index is 1.56. The number of fused-ring (bicyclic) bond motifs is 2. The van der Waals surface area contributed by atoms with Crippen molar-refractivity contribution in [3.63, 3.8) is 0 Å². The highest BCUT2D eigenvalue weighted by molar-refractivity contribution is 5.80. The van der Waals surface area contributed by atoms with Crippen molar-refractivity contribution in [2.75, 3.05) is 6.61 Å². The topological polar surface area (TPSA) is 86.1 Å². The number of aromatic nitrogens is 7. The third kappa shape index (κ3) is 2.92. The van der Waals surface area contributed by atoms with E-state index < -0.39 is 11.6 Å². The number of aliphatic hydroxyl groups is 1. The van der Waals surface area contributed by atoms with Crippen LogP contribution in [0.1, 0.15) is 11.3 Å². The Morgan fingerprint density at radius 3 is 2.80 bits per heavy atom. The zero-order chi connectivity index (χ0) is 20.8. The molecule has 0 fully saturated rings. The summed E-state index contributed by atoms with van der Waals surface area (Å²) in [6.45, 7) is 0.367. The molecule has 4 heterocycles. The first-order valence-corrected chi connectivity index (χ1v) is 9.31. The van der Waals surface area contributed by atoms with Gasteiger partial charge in [-0.15, -0.1) is 0 Å². The van der Waals surface area contributed by atoms with Crippen LogP contribution in [-0.2, 0) is 20.0 Å². The van der Waals surface area contributed by atoms with Crippen molar-refractivity contribution in [1.82, 2.24) is 34.2 Å². The molecule has 152 valence electrons. The fourth-order valence-electron chi connectivity index (χ4n) is 3.52. The van der Waals surface area contributed by atoms with Crippen molar-refractivity contribution in [3.8, 4) is 11.3 Å². The van der Waals surface area contributed by atoms with E-state index in [9.17, 15) is 8.78 Å². The highest BCUT2D eigenvalue weighted by atomic mass is 19.1. The molecule has 0 atom stereocenters. The molecular weight excluding hydrogens is 392 g/mol. The second-order valence-corrected chi connectivity index (χ2v) is 6.98. The minimum absolute atomic E-state index is 0.0100. The van der Waals surface area contributed by atoms with Gasteiger partial charge in [0.05, 0.1) is 54.0 Å². The van der Waals surface area contributed by atoms with E-state index >= 15 is 0 Å². The molecule has 0 spiro atoms. The number of benzene rings is 1. The van der Waals surface area contributed by atoms with Crippen LogP contribution in [0.5, 0.6) is 0 Å². The van der Waals surface area contributed by atoms with E-state index in [1.807, 2.05) is 0 Å². The normalized spacial score (nSPS) is 11.7. The Morgan fingerprint density at radius 2 is 1.97 bits per heavy atom. The number of aliphatic hydroxyl groups excluding tert-OH is 1. The van der Waals surface area contributed by atoms with E-state index in [1.165, 1.54) is 16.9 Å². The molecular formula is C20H17F2N7O. The van der Waals surface area contributed by atoms with Gasteiger partial charge >= 0.3 is 0 Å². The minimum atomic E-state index is -0.639. The SMILES string of the molecule is Cn1ncc2c(F)c(Cc3cnc4ccc(-c5cnn(CCO)c5)nn34)c(F)cc21. The maximum atomic E-state index is 15.0. The van der Waals surface area contributed by atoms with E-state index in [2.05, 4.69) is 20.3 Å². The number of rotatable bonds is 5. The van der Waals surface area contributed by atoms with Gasteiger partial charge in [0.1, 0.15) is 11.6 Å². The predicted molar refractivity (Wildman–Crippen MR) is 105 cm³/mol. The van der Waals surface area contributed by atoms with Gasteiger partial charge in [0.2, 0.25) is 0 Å². The molecule has 10 heteroatoms. The largest absolute Gasteiger partial charge is 0.394 e. The maximum absolute atomic E-state index is 15.0. The van der Waals surface area contributed by atoms with E-state index in [0.717, 1.165) is 5.56 Å². The molecule has 1 aromatic carbocycles. The Bertz CT molecular complexity index is 1390. The van der Waals surface area contributed by atoms with Crippen LogP contribution in [0.4, 0.5) is 8.78 Å². The van der Waals surface area contributed by atoms with E-state index in [4.69, 9.17) is 5.11 Å². The van der Waals surface area contributed by atoms with Crippen LogP contribution in [0.2, 0.25) is 0 Å². The minimum Gasteiger partial charge on any atom is -0.394 e. The molecule has 0 saturated carbocycles. The number of hydrogen-bond donors (Lipinski definition) is 1. The molecule has 0 saturated heterocycles. The van der Waals surface area contributed by atoms with Gasteiger partial charge in [0.25, 0.3) is 0 Å². The molecule has 8 nitrogen and oxygen atoms in total. The fraction of sp³-hybridized carbons (Fsp3) is 0.200. The van der Waals surface area contributed by atoms with Crippen molar-refractivity contribution < 1.29 is 13.9 Å². The smallest absolute Gasteiger partial charge is 0.153 e. The molecule has 0 amide bonds. The first-order chi connectivity index (χ1) is 14.5. The summed E-state index contributed by atoms with van der Waals surface area (Å²) in [5.74, 6) is -1.27. The summed E-state index contributed by atoms with van der Waals surface area (Å²) in [6, 6.07) is 4.87. The van der Waals surface area contributed by atoms with Gasteiger partial charge in [0.15, 0.2) is 5.65 Å². The van der Waals surface area contributed by atoms with Crippen molar-refractivity contribution >= 4 is 16.6 Å². The lowest BCUT2D eigenvalue weighted by atomic mass is 10.1. The zero-order valence-corrected chi connectivity index (χ0v) is 16.0. The van der Waals surface area contributed by atoms with Gasteiger partial charge in [-0.25, -0.2) is 18.3 Å². The first kappa shape index (κ1) is 18.4. The van der Waals surface area contributed by atoms with Crippen LogP contribution in [-0.4, -0.2) is 45.9 Å². The molecule has 0 radical (unpaired) electrons. The third-order valence-electron chi connectivity index (χ3n) is 5.09. The molecule has 5 rings (SSSR count). The van der Waals surface area contributed by atoms with E-state index in [1.54, 1.807) is 47.0 Å². The van der Waals surface area contributed by atoms with E-state index in [-0.39, 0.29) is 24.0 Å². The molecule has 30 heavy (non-hydrogen) atoms. The Hall–Kier alpha value is -3.66. The Labute approximate surface area is 169 Å². The van der Waals surface area contributed by atoms with Crippen LogP contribution in [0, 0.1) is 11.6 Å². The second kappa shape index (κ2) is 6.99. The summed E-state index contributed by atoms with van der Waals surface area (Å²) in [7, 11) is 1.64. The average Bonchev–Trinajstić information content (AvgIpc) is 3.45. The number of imidazole rings is 1. The van der Waals surface area contributed by atoms with Crippen molar-refractivity contribution in [2.45, 2.75) is 13.0 Å². The first-order valence-electron chi connectivity index (χ1n) is 9.31. The molecule has 0 aliphatic rings. The molecule has 0 unspecified atom stereocenters. The van der Waals surface area contributed by atoms with Gasteiger partial charge in [-0.2, -0.15) is 15.3 Å². The predicted octanol–water partition coefficient (Wildman–Crippen LogP) is 2.34. The van der Waals surface area contributed by atoms with Crippen molar-refractivity contribution in [2.24, 2.45) is 7.05 Å².